The van der Waals surface area contributed by atoms with Crippen molar-refractivity contribution in [1.82, 2.24) is 10.2 Å². The molecule has 0 aromatic heterocycles. The van der Waals surface area contributed by atoms with Crippen molar-refractivity contribution in [3.8, 4) is 6.07 Å². The lowest BCUT2D eigenvalue weighted by atomic mass is 10.1. The van der Waals surface area contributed by atoms with Gasteiger partial charge in [0.15, 0.2) is 0 Å². The van der Waals surface area contributed by atoms with Gasteiger partial charge in [-0.1, -0.05) is 0 Å². The zero-order chi connectivity index (χ0) is 10.4. The van der Waals surface area contributed by atoms with Gasteiger partial charge in [0.25, 0.3) is 0 Å². The quantitative estimate of drug-likeness (QED) is 0.670. The molecular formula is C11H21N3. The maximum absolute atomic E-state index is 8.37. The minimum absolute atomic E-state index is 0.626. The molecule has 1 N–H and O–H groups in total. The molecule has 80 valence electrons. The second-order valence-electron chi connectivity index (χ2n) is 4.36. The summed E-state index contributed by atoms with van der Waals surface area (Å²) in [6.07, 6.45) is 1.93. The summed E-state index contributed by atoms with van der Waals surface area (Å²) in [5.41, 5.74) is 0. The normalized spacial score (nSPS) is 22.9. The molecule has 3 nitrogen and oxygen atoms in total. The van der Waals surface area contributed by atoms with E-state index in [0.717, 1.165) is 19.0 Å². The first-order valence-corrected chi connectivity index (χ1v) is 5.55. The van der Waals surface area contributed by atoms with Gasteiger partial charge in [0.05, 0.1) is 6.07 Å². The fourth-order valence-electron chi connectivity index (χ4n) is 1.95. The van der Waals surface area contributed by atoms with Crippen LogP contribution < -0.4 is 5.32 Å². The van der Waals surface area contributed by atoms with Crippen molar-refractivity contribution >= 4 is 0 Å². The lowest BCUT2D eigenvalue weighted by Gasteiger charge is -2.20. The van der Waals surface area contributed by atoms with E-state index in [4.69, 9.17) is 5.26 Å². The average Bonchev–Trinajstić information content (AvgIpc) is 2.61. The molecule has 0 aromatic rings. The Morgan fingerprint density at radius 2 is 2.36 bits per heavy atom. The zero-order valence-electron chi connectivity index (χ0n) is 9.29. The van der Waals surface area contributed by atoms with Crippen LogP contribution in [0.5, 0.6) is 0 Å². The SMILES string of the molecule is CC(C)N1CCC(CNCCC#N)C1. The van der Waals surface area contributed by atoms with Gasteiger partial charge in [0, 0.05) is 25.6 Å². The first-order valence-electron chi connectivity index (χ1n) is 5.55. The van der Waals surface area contributed by atoms with Crippen molar-refractivity contribution in [1.29, 1.82) is 5.26 Å². The van der Waals surface area contributed by atoms with Crippen molar-refractivity contribution in [2.45, 2.75) is 32.7 Å². The molecule has 1 aliphatic rings. The maximum Gasteiger partial charge on any atom is 0.0635 e. The summed E-state index contributed by atoms with van der Waals surface area (Å²) in [6, 6.07) is 2.83. The molecule has 1 heterocycles. The second kappa shape index (κ2) is 6.00. The van der Waals surface area contributed by atoms with Crippen LogP contribution in [-0.4, -0.2) is 37.1 Å². The van der Waals surface area contributed by atoms with Crippen LogP contribution in [0.1, 0.15) is 26.7 Å². The number of nitriles is 1. The van der Waals surface area contributed by atoms with Gasteiger partial charge in [0.2, 0.25) is 0 Å². The lowest BCUT2D eigenvalue weighted by Crippen LogP contribution is -2.30. The van der Waals surface area contributed by atoms with E-state index in [9.17, 15) is 0 Å². The van der Waals surface area contributed by atoms with E-state index in [1.165, 1.54) is 19.5 Å². The third-order valence-electron chi connectivity index (χ3n) is 2.89. The van der Waals surface area contributed by atoms with Gasteiger partial charge in [-0.2, -0.15) is 5.26 Å². The third kappa shape index (κ3) is 3.65. The molecule has 1 rings (SSSR count). The van der Waals surface area contributed by atoms with Crippen molar-refractivity contribution < 1.29 is 0 Å². The first-order chi connectivity index (χ1) is 6.74. The van der Waals surface area contributed by atoms with Gasteiger partial charge in [-0.15, -0.1) is 0 Å². The van der Waals surface area contributed by atoms with E-state index in [2.05, 4.69) is 30.1 Å². The average molecular weight is 195 g/mol. The summed E-state index contributed by atoms with van der Waals surface area (Å²) in [4.78, 5) is 2.52. The first kappa shape index (κ1) is 11.5. The van der Waals surface area contributed by atoms with Crippen LogP contribution >= 0.6 is 0 Å². The number of hydrogen-bond donors (Lipinski definition) is 1. The molecule has 0 aliphatic carbocycles. The van der Waals surface area contributed by atoms with Crippen molar-refractivity contribution in [2.24, 2.45) is 5.92 Å². The molecule has 0 bridgehead atoms. The molecule has 0 radical (unpaired) electrons. The molecule has 1 fully saturated rings. The number of likely N-dealkylation sites (tertiary alicyclic amines) is 1. The standard InChI is InChI=1S/C11H21N3/c1-10(2)14-7-4-11(9-14)8-13-6-3-5-12/h10-11,13H,3-4,6-9H2,1-2H3. The van der Waals surface area contributed by atoms with Crippen molar-refractivity contribution in [3.63, 3.8) is 0 Å². The van der Waals surface area contributed by atoms with E-state index >= 15 is 0 Å². The maximum atomic E-state index is 8.37. The molecule has 1 saturated heterocycles. The van der Waals surface area contributed by atoms with Gasteiger partial charge in [-0.05, 0) is 39.3 Å². The van der Waals surface area contributed by atoms with Crippen LogP contribution in [0.2, 0.25) is 0 Å². The Kier molecular flexibility index (Phi) is 4.92. The molecular weight excluding hydrogens is 174 g/mol. The molecule has 14 heavy (non-hydrogen) atoms. The Bertz CT molecular complexity index is 195. The largest absolute Gasteiger partial charge is 0.315 e. The van der Waals surface area contributed by atoms with E-state index in [1.54, 1.807) is 0 Å². The molecule has 0 spiro atoms. The number of rotatable bonds is 5. The van der Waals surface area contributed by atoms with Gasteiger partial charge < -0.3 is 10.2 Å². The summed E-state index contributed by atoms with van der Waals surface area (Å²) >= 11 is 0. The van der Waals surface area contributed by atoms with Crippen molar-refractivity contribution in [2.75, 3.05) is 26.2 Å². The highest BCUT2D eigenvalue weighted by Gasteiger charge is 2.23. The minimum Gasteiger partial charge on any atom is -0.315 e. The summed E-state index contributed by atoms with van der Waals surface area (Å²) in [7, 11) is 0. The third-order valence-corrected chi connectivity index (χ3v) is 2.89. The summed E-state index contributed by atoms with van der Waals surface area (Å²) < 4.78 is 0. The van der Waals surface area contributed by atoms with Crippen LogP contribution in [0.15, 0.2) is 0 Å². The molecule has 1 aliphatic heterocycles. The van der Waals surface area contributed by atoms with Gasteiger partial charge in [0.1, 0.15) is 0 Å². The Hall–Kier alpha value is -0.590. The molecule has 0 saturated carbocycles. The molecule has 0 amide bonds. The number of nitrogens with one attached hydrogen (secondary N) is 1. The van der Waals surface area contributed by atoms with Crippen LogP contribution in [0, 0.1) is 17.2 Å². The Labute approximate surface area is 87.1 Å². The van der Waals surface area contributed by atoms with E-state index in [-0.39, 0.29) is 0 Å². The highest BCUT2D eigenvalue weighted by molar-refractivity contribution is 4.79. The summed E-state index contributed by atoms with van der Waals surface area (Å²) in [5, 5.41) is 11.7. The predicted octanol–water partition coefficient (Wildman–Crippen LogP) is 1.22. The van der Waals surface area contributed by atoms with Gasteiger partial charge in [-0.3, -0.25) is 0 Å². The predicted molar refractivity (Wildman–Crippen MR) is 57.9 cm³/mol. The smallest absolute Gasteiger partial charge is 0.0635 e. The van der Waals surface area contributed by atoms with Crippen LogP contribution in [0.4, 0.5) is 0 Å². The van der Waals surface area contributed by atoms with E-state index < -0.39 is 0 Å². The minimum atomic E-state index is 0.626. The summed E-state index contributed by atoms with van der Waals surface area (Å²) in [5.74, 6) is 0.788. The van der Waals surface area contributed by atoms with Crippen LogP contribution in [-0.2, 0) is 0 Å². The summed E-state index contributed by atoms with van der Waals surface area (Å²) in [6.45, 7) is 8.88. The fraction of sp³-hybridized carbons (Fsp3) is 0.909. The molecule has 1 unspecified atom stereocenters. The fourth-order valence-corrected chi connectivity index (χ4v) is 1.95. The second-order valence-corrected chi connectivity index (χ2v) is 4.36. The molecule has 1 atom stereocenters. The zero-order valence-corrected chi connectivity index (χ0v) is 9.29. The Morgan fingerprint density at radius 1 is 1.57 bits per heavy atom. The highest BCUT2D eigenvalue weighted by atomic mass is 15.2. The topological polar surface area (TPSA) is 39.1 Å². The number of hydrogen-bond acceptors (Lipinski definition) is 3. The van der Waals surface area contributed by atoms with Crippen LogP contribution in [0.3, 0.4) is 0 Å². The van der Waals surface area contributed by atoms with Crippen LogP contribution in [0.25, 0.3) is 0 Å². The highest BCUT2D eigenvalue weighted by Crippen LogP contribution is 2.17. The van der Waals surface area contributed by atoms with Crippen molar-refractivity contribution in [3.05, 3.63) is 0 Å². The Morgan fingerprint density at radius 3 is 2.93 bits per heavy atom. The lowest BCUT2D eigenvalue weighted by molar-refractivity contribution is 0.264. The number of nitrogens with zero attached hydrogens (tertiary/aromatic N) is 2. The van der Waals surface area contributed by atoms with E-state index in [1.807, 2.05) is 0 Å². The van der Waals surface area contributed by atoms with E-state index in [0.29, 0.717) is 12.5 Å². The Balaban J connectivity index is 2.08. The molecule has 0 aromatic carbocycles. The molecule has 3 heteroatoms. The van der Waals surface area contributed by atoms with Gasteiger partial charge in [-0.25, -0.2) is 0 Å². The monoisotopic (exact) mass is 195 g/mol. The van der Waals surface area contributed by atoms with Gasteiger partial charge >= 0.3 is 0 Å².